The van der Waals surface area contributed by atoms with Crippen LogP contribution in [0.3, 0.4) is 0 Å². The van der Waals surface area contributed by atoms with Gasteiger partial charge in [-0.2, -0.15) is 0 Å². The van der Waals surface area contributed by atoms with Crippen molar-refractivity contribution in [2.75, 3.05) is 23.3 Å². The first-order valence-corrected chi connectivity index (χ1v) is 8.02. The summed E-state index contributed by atoms with van der Waals surface area (Å²) in [5.74, 6) is 3.67. The Labute approximate surface area is 123 Å². The fourth-order valence-corrected chi connectivity index (χ4v) is 2.34. The van der Waals surface area contributed by atoms with Gasteiger partial charge in [0.2, 0.25) is 0 Å². The highest BCUT2D eigenvalue weighted by Crippen LogP contribution is 2.32. The number of nitrogens with one attached hydrogen (secondary N) is 1. The molecule has 0 atom stereocenters. The monoisotopic (exact) mass is 276 g/mol. The summed E-state index contributed by atoms with van der Waals surface area (Å²) in [6, 6.07) is 2.81. The van der Waals surface area contributed by atoms with Crippen molar-refractivity contribution < 1.29 is 0 Å². The van der Waals surface area contributed by atoms with E-state index >= 15 is 0 Å². The minimum absolute atomic E-state index is 0.655. The van der Waals surface area contributed by atoms with Crippen LogP contribution >= 0.6 is 0 Å². The second kappa shape index (κ2) is 6.91. The van der Waals surface area contributed by atoms with Crippen LogP contribution in [-0.2, 0) is 6.42 Å². The third-order valence-electron chi connectivity index (χ3n) is 3.48. The molecule has 0 amide bonds. The molecule has 20 heavy (non-hydrogen) atoms. The summed E-state index contributed by atoms with van der Waals surface area (Å²) < 4.78 is 0. The number of hydrogen-bond donors (Lipinski definition) is 1. The van der Waals surface area contributed by atoms with Crippen LogP contribution in [0.2, 0.25) is 0 Å². The average molecular weight is 276 g/mol. The minimum atomic E-state index is 0.655. The zero-order valence-corrected chi connectivity index (χ0v) is 13.3. The Hall–Kier alpha value is -1.32. The highest BCUT2D eigenvalue weighted by Gasteiger charge is 2.30. The maximum Gasteiger partial charge on any atom is 0.134 e. The van der Waals surface area contributed by atoms with Crippen molar-refractivity contribution in [2.45, 2.75) is 59.4 Å². The van der Waals surface area contributed by atoms with Crippen LogP contribution in [0.25, 0.3) is 0 Å². The molecule has 0 saturated heterocycles. The number of aromatic nitrogens is 2. The molecule has 0 radical (unpaired) electrons. The molecule has 4 nitrogen and oxygen atoms in total. The minimum Gasteiger partial charge on any atom is -0.370 e. The second-order valence-electron chi connectivity index (χ2n) is 6.09. The average Bonchev–Trinajstić information content (AvgIpc) is 3.26. The molecule has 1 fully saturated rings. The summed E-state index contributed by atoms with van der Waals surface area (Å²) in [4.78, 5) is 11.8. The van der Waals surface area contributed by atoms with E-state index in [1.54, 1.807) is 0 Å². The van der Waals surface area contributed by atoms with Crippen LogP contribution in [0.4, 0.5) is 11.6 Å². The fourth-order valence-electron chi connectivity index (χ4n) is 2.34. The van der Waals surface area contributed by atoms with Gasteiger partial charge < -0.3 is 10.2 Å². The molecule has 0 unspecified atom stereocenters. The summed E-state index contributed by atoms with van der Waals surface area (Å²) >= 11 is 0. The molecule has 0 aromatic carbocycles. The van der Waals surface area contributed by atoms with Gasteiger partial charge in [0.15, 0.2) is 0 Å². The van der Waals surface area contributed by atoms with Gasteiger partial charge in [-0.15, -0.1) is 0 Å². The molecule has 112 valence electrons. The van der Waals surface area contributed by atoms with Crippen LogP contribution in [0.1, 0.15) is 52.8 Å². The van der Waals surface area contributed by atoms with E-state index in [-0.39, 0.29) is 0 Å². The van der Waals surface area contributed by atoms with Crippen molar-refractivity contribution in [1.82, 2.24) is 9.97 Å². The molecule has 0 aliphatic heterocycles. The van der Waals surface area contributed by atoms with Crippen molar-refractivity contribution in [3.05, 3.63) is 11.9 Å². The summed E-state index contributed by atoms with van der Waals surface area (Å²) in [6.07, 6.45) is 4.60. The third kappa shape index (κ3) is 4.09. The molecule has 2 rings (SSSR count). The molecule has 1 aliphatic carbocycles. The highest BCUT2D eigenvalue weighted by atomic mass is 15.2. The van der Waals surface area contributed by atoms with E-state index in [2.05, 4.69) is 49.0 Å². The van der Waals surface area contributed by atoms with Crippen molar-refractivity contribution in [1.29, 1.82) is 0 Å². The van der Waals surface area contributed by atoms with Crippen LogP contribution < -0.4 is 10.2 Å². The Balaban J connectivity index is 2.22. The van der Waals surface area contributed by atoms with Crippen molar-refractivity contribution in [3.63, 3.8) is 0 Å². The predicted octanol–water partition coefficient (Wildman–Crippen LogP) is 3.49. The third-order valence-corrected chi connectivity index (χ3v) is 3.48. The molecule has 1 saturated carbocycles. The van der Waals surface area contributed by atoms with Gasteiger partial charge in [-0.3, -0.25) is 0 Å². The SMILES string of the molecule is CCCNc1cc(N(CC(C)C)C2CC2)nc(CC)n1. The quantitative estimate of drug-likeness (QED) is 0.789. The molecule has 1 aromatic heterocycles. The lowest BCUT2D eigenvalue weighted by Gasteiger charge is -2.26. The van der Waals surface area contributed by atoms with Gasteiger partial charge in [0.1, 0.15) is 17.5 Å². The molecule has 1 N–H and O–H groups in total. The zero-order chi connectivity index (χ0) is 14.5. The molecular formula is C16H28N4. The normalized spacial score (nSPS) is 14.7. The van der Waals surface area contributed by atoms with E-state index in [1.165, 1.54) is 12.8 Å². The van der Waals surface area contributed by atoms with E-state index in [4.69, 9.17) is 4.98 Å². The lowest BCUT2D eigenvalue weighted by atomic mass is 10.2. The summed E-state index contributed by atoms with van der Waals surface area (Å²) in [5.41, 5.74) is 0. The van der Waals surface area contributed by atoms with Gasteiger partial charge in [-0.25, -0.2) is 9.97 Å². The Kier molecular flexibility index (Phi) is 5.21. The maximum atomic E-state index is 4.75. The zero-order valence-electron chi connectivity index (χ0n) is 13.3. The van der Waals surface area contributed by atoms with Crippen molar-refractivity contribution in [3.8, 4) is 0 Å². The lowest BCUT2D eigenvalue weighted by molar-refractivity contribution is 0.601. The Bertz CT molecular complexity index is 426. The van der Waals surface area contributed by atoms with Crippen LogP contribution in [-0.4, -0.2) is 29.1 Å². The summed E-state index contributed by atoms with van der Waals surface area (Å²) in [7, 11) is 0. The van der Waals surface area contributed by atoms with Crippen molar-refractivity contribution in [2.24, 2.45) is 5.92 Å². The van der Waals surface area contributed by atoms with Gasteiger partial charge in [0, 0.05) is 31.6 Å². The Morgan fingerprint density at radius 3 is 2.60 bits per heavy atom. The molecule has 1 aliphatic rings. The maximum absolute atomic E-state index is 4.75. The summed E-state index contributed by atoms with van der Waals surface area (Å²) in [6.45, 7) is 10.9. The second-order valence-corrected chi connectivity index (χ2v) is 6.09. The largest absolute Gasteiger partial charge is 0.370 e. The van der Waals surface area contributed by atoms with E-state index < -0.39 is 0 Å². The molecule has 0 spiro atoms. The van der Waals surface area contributed by atoms with Crippen molar-refractivity contribution >= 4 is 11.6 Å². The fraction of sp³-hybridized carbons (Fsp3) is 0.750. The number of nitrogens with zero attached hydrogens (tertiary/aromatic N) is 3. The van der Waals surface area contributed by atoms with Gasteiger partial charge in [-0.05, 0) is 25.2 Å². The Morgan fingerprint density at radius 1 is 1.30 bits per heavy atom. The first-order valence-electron chi connectivity index (χ1n) is 8.02. The predicted molar refractivity (Wildman–Crippen MR) is 85.4 cm³/mol. The molecule has 0 bridgehead atoms. The smallest absolute Gasteiger partial charge is 0.134 e. The number of hydrogen-bond acceptors (Lipinski definition) is 4. The first-order chi connectivity index (χ1) is 9.63. The van der Waals surface area contributed by atoms with Crippen LogP contribution in [0.15, 0.2) is 6.07 Å². The number of anilines is 2. The summed E-state index contributed by atoms with van der Waals surface area (Å²) in [5, 5.41) is 3.40. The topological polar surface area (TPSA) is 41.0 Å². The van der Waals surface area contributed by atoms with Gasteiger partial charge in [0.05, 0.1) is 0 Å². The first kappa shape index (κ1) is 15.1. The molecule has 4 heteroatoms. The Morgan fingerprint density at radius 2 is 2.05 bits per heavy atom. The molecule has 1 aromatic rings. The van der Waals surface area contributed by atoms with Gasteiger partial charge >= 0.3 is 0 Å². The molecular weight excluding hydrogens is 248 g/mol. The van der Waals surface area contributed by atoms with Crippen LogP contribution in [0.5, 0.6) is 0 Å². The standard InChI is InChI=1S/C16H28N4/c1-5-9-17-15-10-16(19-14(6-2)18-15)20(11-12(3)4)13-7-8-13/h10,12-13H,5-9,11H2,1-4H3,(H,17,18,19). The van der Waals surface area contributed by atoms with E-state index in [9.17, 15) is 0 Å². The van der Waals surface area contributed by atoms with Gasteiger partial charge in [0.25, 0.3) is 0 Å². The lowest BCUT2D eigenvalue weighted by Crippen LogP contribution is -2.31. The highest BCUT2D eigenvalue weighted by molar-refractivity contribution is 5.51. The van der Waals surface area contributed by atoms with E-state index in [0.717, 1.165) is 43.4 Å². The van der Waals surface area contributed by atoms with E-state index in [1.807, 2.05) is 0 Å². The number of aryl methyl sites for hydroxylation is 1. The van der Waals surface area contributed by atoms with Crippen LogP contribution in [0, 0.1) is 5.92 Å². The molecule has 1 heterocycles. The van der Waals surface area contributed by atoms with Gasteiger partial charge in [-0.1, -0.05) is 27.7 Å². The number of rotatable bonds is 8. The van der Waals surface area contributed by atoms with E-state index in [0.29, 0.717) is 12.0 Å².